The Balaban J connectivity index is 3.55. The van der Waals surface area contributed by atoms with Crippen LogP contribution in [0, 0.1) is 5.92 Å². The van der Waals surface area contributed by atoms with Crippen LogP contribution in [-0.4, -0.2) is 23.7 Å². The second-order valence-electron chi connectivity index (χ2n) is 8.54. The summed E-state index contributed by atoms with van der Waals surface area (Å²) in [6, 6.07) is 0. The van der Waals surface area contributed by atoms with Crippen LogP contribution < -0.4 is 0 Å². The highest BCUT2D eigenvalue weighted by Gasteiger charge is 2.19. The number of aliphatic carboxylic acids is 1. The monoisotopic (exact) mass is 424 g/mol. The summed E-state index contributed by atoms with van der Waals surface area (Å²) in [6.45, 7) is 4.54. The van der Waals surface area contributed by atoms with Crippen LogP contribution in [0.4, 0.5) is 0 Å². The zero-order valence-electron chi connectivity index (χ0n) is 19.8. The summed E-state index contributed by atoms with van der Waals surface area (Å²) in [5.74, 6) is -2.05. The molecule has 0 aliphatic heterocycles. The molecule has 0 fully saturated rings. The molecular formula is C26H48O4. The van der Waals surface area contributed by atoms with E-state index >= 15 is 0 Å². The number of rotatable bonds is 22. The molecule has 1 unspecified atom stereocenters. The van der Waals surface area contributed by atoms with E-state index in [1.54, 1.807) is 6.08 Å². The van der Waals surface area contributed by atoms with Crippen molar-refractivity contribution in [3.8, 4) is 0 Å². The lowest BCUT2D eigenvalue weighted by Crippen LogP contribution is -2.19. The molecule has 1 atom stereocenters. The summed E-state index contributed by atoms with van der Waals surface area (Å²) in [4.78, 5) is 22.8. The average molecular weight is 425 g/mol. The standard InChI is InChI=1S/C26H48O4/c1-3-5-6-7-8-9-10-11-12-13-14-15-16-17-18-19-20-21-24(23-25(27)28)26(29)30-22-4-2/h20-21,24H,3-19,22-23H2,1-2H3,(H,27,28)/b21-20+. The van der Waals surface area contributed by atoms with E-state index in [9.17, 15) is 9.59 Å². The first-order chi connectivity index (χ1) is 14.6. The topological polar surface area (TPSA) is 63.6 Å². The first kappa shape index (κ1) is 28.7. The van der Waals surface area contributed by atoms with E-state index in [-0.39, 0.29) is 6.42 Å². The first-order valence-electron chi connectivity index (χ1n) is 12.7. The number of carboxylic acid groups (broad SMARTS) is 1. The third-order valence-electron chi connectivity index (χ3n) is 5.49. The lowest BCUT2D eigenvalue weighted by Gasteiger charge is -2.09. The molecule has 1 N–H and O–H groups in total. The third-order valence-corrected chi connectivity index (χ3v) is 5.49. The minimum atomic E-state index is -0.968. The van der Waals surface area contributed by atoms with Crippen molar-refractivity contribution in [2.45, 2.75) is 129 Å². The molecule has 30 heavy (non-hydrogen) atoms. The number of hydrogen-bond donors (Lipinski definition) is 1. The number of ether oxygens (including phenoxy) is 1. The molecule has 0 saturated carbocycles. The van der Waals surface area contributed by atoms with Gasteiger partial charge in [-0.25, -0.2) is 0 Å². The van der Waals surface area contributed by atoms with Gasteiger partial charge in [0.15, 0.2) is 0 Å². The number of carboxylic acids is 1. The van der Waals surface area contributed by atoms with Crippen molar-refractivity contribution in [1.29, 1.82) is 0 Å². The summed E-state index contributed by atoms with van der Waals surface area (Å²) in [5, 5.41) is 8.96. The summed E-state index contributed by atoms with van der Waals surface area (Å²) >= 11 is 0. The van der Waals surface area contributed by atoms with Gasteiger partial charge in [-0.3, -0.25) is 9.59 Å². The summed E-state index contributed by atoms with van der Waals surface area (Å²) < 4.78 is 5.08. The molecule has 0 saturated heterocycles. The number of esters is 1. The van der Waals surface area contributed by atoms with Crippen molar-refractivity contribution in [2.24, 2.45) is 5.92 Å². The maximum atomic E-state index is 11.9. The largest absolute Gasteiger partial charge is 0.481 e. The van der Waals surface area contributed by atoms with Crippen LogP contribution in [0.15, 0.2) is 12.2 Å². The van der Waals surface area contributed by atoms with Gasteiger partial charge in [0.2, 0.25) is 0 Å². The van der Waals surface area contributed by atoms with Gasteiger partial charge in [-0.05, 0) is 19.3 Å². The maximum absolute atomic E-state index is 11.9. The van der Waals surface area contributed by atoms with Crippen molar-refractivity contribution in [3.05, 3.63) is 12.2 Å². The van der Waals surface area contributed by atoms with E-state index < -0.39 is 17.9 Å². The fourth-order valence-corrected chi connectivity index (χ4v) is 3.62. The Kier molecular flexibility index (Phi) is 21.4. The molecule has 0 amide bonds. The molecule has 176 valence electrons. The minimum Gasteiger partial charge on any atom is -0.481 e. The van der Waals surface area contributed by atoms with Crippen molar-refractivity contribution in [3.63, 3.8) is 0 Å². The van der Waals surface area contributed by atoms with Crippen molar-refractivity contribution in [2.75, 3.05) is 6.61 Å². The molecule has 0 heterocycles. The molecular weight excluding hydrogens is 376 g/mol. The van der Waals surface area contributed by atoms with Crippen LogP contribution in [0.3, 0.4) is 0 Å². The van der Waals surface area contributed by atoms with Gasteiger partial charge in [-0.2, -0.15) is 0 Å². The van der Waals surface area contributed by atoms with E-state index in [1.165, 1.54) is 89.9 Å². The second kappa shape index (κ2) is 22.4. The molecule has 0 aromatic heterocycles. The van der Waals surface area contributed by atoms with Gasteiger partial charge in [0, 0.05) is 0 Å². The molecule has 0 aromatic rings. The molecule has 4 heteroatoms. The van der Waals surface area contributed by atoms with E-state index in [0.717, 1.165) is 19.3 Å². The Bertz CT molecular complexity index is 431. The Hall–Kier alpha value is -1.32. The number of unbranched alkanes of at least 4 members (excludes halogenated alkanes) is 15. The van der Waals surface area contributed by atoms with Crippen LogP contribution in [0.25, 0.3) is 0 Å². The van der Waals surface area contributed by atoms with E-state index in [2.05, 4.69) is 6.92 Å². The number of allylic oxidation sites excluding steroid dienone is 1. The third kappa shape index (κ3) is 20.0. The Morgan fingerprint density at radius 2 is 1.20 bits per heavy atom. The summed E-state index contributed by atoms with van der Waals surface area (Å²) in [5.41, 5.74) is 0. The van der Waals surface area contributed by atoms with Gasteiger partial charge in [0.05, 0.1) is 18.9 Å². The van der Waals surface area contributed by atoms with E-state index in [4.69, 9.17) is 9.84 Å². The van der Waals surface area contributed by atoms with Crippen molar-refractivity contribution >= 4 is 11.9 Å². The SMILES string of the molecule is CCCCCCCCCCCCCCCCC/C=C/C(CC(=O)O)C(=O)OCCC. The van der Waals surface area contributed by atoms with Crippen molar-refractivity contribution < 1.29 is 19.4 Å². The minimum absolute atomic E-state index is 0.197. The number of carbonyl (C=O) groups excluding carboxylic acids is 1. The average Bonchev–Trinajstić information content (AvgIpc) is 2.73. The molecule has 4 nitrogen and oxygen atoms in total. The van der Waals surface area contributed by atoms with Crippen LogP contribution in [0.5, 0.6) is 0 Å². The molecule has 0 rings (SSSR count). The molecule has 0 aliphatic rings. The van der Waals surface area contributed by atoms with Gasteiger partial charge in [0.25, 0.3) is 0 Å². The molecule has 0 bridgehead atoms. The summed E-state index contributed by atoms with van der Waals surface area (Å²) in [7, 11) is 0. The lowest BCUT2D eigenvalue weighted by atomic mass is 10.0. The highest BCUT2D eigenvalue weighted by Crippen LogP contribution is 2.14. The molecule has 0 radical (unpaired) electrons. The van der Waals surface area contributed by atoms with E-state index in [0.29, 0.717) is 6.61 Å². The Morgan fingerprint density at radius 3 is 1.63 bits per heavy atom. The fourth-order valence-electron chi connectivity index (χ4n) is 3.62. The van der Waals surface area contributed by atoms with Crippen LogP contribution in [0.2, 0.25) is 0 Å². The van der Waals surface area contributed by atoms with Gasteiger partial charge in [0.1, 0.15) is 0 Å². The second-order valence-corrected chi connectivity index (χ2v) is 8.54. The highest BCUT2D eigenvalue weighted by molar-refractivity contribution is 5.80. The Morgan fingerprint density at radius 1 is 0.733 bits per heavy atom. The predicted molar refractivity (Wildman–Crippen MR) is 126 cm³/mol. The zero-order valence-corrected chi connectivity index (χ0v) is 19.8. The highest BCUT2D eigenvalue weighted by atomic mass is 16.5. The number of hydrogen-bond acceptors (Lipinski definition) is 3. The van der Waals surface area contributed by atoms with Crippen LogP contribution in [0.1, 0.15) is 129 Å². The quantitative estimate of drug-likeness (QED) is 0.109. The van der Waals surface area contributed by atoms with Crippen LogP contribution in [-0.2, 0) is 14.3 Å². The van der Waals surface area contributed by atoms with E-state index in [1.807, 2.05) is 13.0 Å². The fraction of sp³-hybridized carbons (Fsp3) is 0.846. The summed E-state index contributed by atoms with van der Waals surface area (Å²) in [6.07, 6.45) is 25.3. The van der Waals surface area contributed by atoms with Gasteiger partial charge in [-0.1, -0.05) is 116 Å². The van der Waals surface area contributed by atoms with Gasteiger partial charge < -0.3 is 9.84 Å². The first-order valence-corrected chi connectivity index (χ1v) is 12.7. The maximum Gasteiger partial charge on any atom is 0.313 e. The van der Waals surface area contributed by atoms with Crippen LogP contribution >= 0.6 is 0 Å². The normalized spacial score (nSPS) is 12.3. The molecule has 0 spiro atoms. The smallest absolute Gasteiger partial charge is 0.313 e. The molecule has 0 aliphatic carbocycles. The van der Waals surface area contributed by atoms with Gasteiger partial charge >= 0.3 is 11.9 Å². The zero-order chi connectivity index (χ0) is 22.3. The Labute approximate surface area is 185 Å². The number of carbonyl (C=O) groups is 2. The molecule has 0 aromatic carbocycles. The lowest BCUT2D eigenvalue weighted by molar-refractivity contribution is -0.151. The van der Waals surface area contributed by atoms with Gasteiger partial charge in [-0.15, -0.1) is 0 Å². The predicted octanol–water partition coefficient (Wildman–Crippen LogP) is 7.85. The van der Waals surface area contributed by atoms with Crippen molar-refractivity contribution in [1.82, 2.24) is 0 Å².